The third kappa shape index (κ3) is 3.12. The molecular weight excluding hydrogens is 350 g/mol. The van der Waals surface area contributed by atoms with Crippen LogP contribution in [0.1, 0.15) is 5.69 Å². The van der Waals surface area contributed by atoms with E-state index in [1.807, 2.05) is 0 Å². The molecule has 6 nitrogen and oxygen atoms in total. The molecule has 104 valence electrons. The molecule has 0 radical (unpaired) electrons. The number of methoxy groups -OCH3 is 1. The molecule has 0 bridgehead atoms. The highest BCUT2D eigenvalue weighted by Crippen LogP contribution is 2.28. The van der Waals surface area contributed by atoms with E-state index in [-0.39, 0.29) is 17.4 Å². The standard InChI is InChI=1S/C12H9BrClN3O3/c1-20-6-9-10(13)11(14)16-12(15-9)7-2-4-8(5-3-7)17(18)19/h2-5H,6H2,1H3. The SMILES string of the molecule is COCc1nc(-c2ccc([N+](=O)[O-])cc2)nc(Cl)c1Br. The molecule has 1 aromatic carbocycles. The van der Waals surface area contributed by atoms with Crippen LogP contribution >= 0.6 is 27.5 Å². The zero-order chi connectivity index (χ0) is 14.7. The first kappa shape index (κ1) is 14.8. The molecule has 0 saturated carbocycles. The summed E-state index contributed by atoms with van der Waals surface area (Å²) < 4.78 is 5.61. The van der Waals surface area contributed by atoms with Gasteiger partial charge in [-0.3, -0.25) is 10.1 Å². The number of aromatic nitrogens is 2. The Morgan fingerprint density at radius 1 is 1.35 bits per heavy atom. The van der Waals surface area contributed by atoms with Crippen LogP contribution in [0.3, 0.4) is 0 Å². The number of non-ortho nitro benzene ring substituents is 1. The van der Waals surface area contributed by atoms with E-state index in [4.69, 9.17) is 16.3 Å². The average molecular weight is 359 g/mol. The monoisotopic (exact) mass is 357 g/mol. The Bertz CT molecular complexity index is 649. The van der Waals surface area contributed by atoms with Crippen LogP contribution in [-0.2, 0) is 11.3 Å². The number of hydrogen-bond donors (Lipinski definition) is 0. The maximum Gasteiger partial charge on any atom is 0.269 e. The molecule has 0 fully saturated rings. The molecule has 0 aliphatic rings. The lowest BCUT2D eigenvalue weighted by molar-refractivity contribution is -0.384. The van der Waals surface area contributed by atoms with Crippen LogP contribution < -0.4 is 0 Å². The van der Waals surface area contributed by atoms with Crippen LogP contribution in [-0.4, -0.2) is 22.0 Å². The second-order valence-electron chi connectivity index (χ2n) is 3.84. The number of ether oxygens (including phenoxy) is 1. The van der Waals surface area contributed by atoms with E-state index in [2.05, 4.69) is 25.9 Å². The van der Waals surface area contributed by atoms with E-state index >= 15 is 0 Å². The smallest absolute Gasteiger partial charge is 0.269 e. The highest BCUT2D eigenvalue weighted by Gasteiger charge is 2.13. The van der Waals surface area contributed by atoms with Gasteiger partial charge in [-0.2, -0.15) is 0 Å². The molecule has 1 aromatic heterocycles. The second-order valence-corrected chi connectivity index (χ2v) is 4.99. The summed E-state index contributed by atoms with van der Waals surface area (Å²) in [6.45, 7) is 0.281. The fraction of sp³-hybridized carbons (Fsp3) is 0.167. The lowest BCUT2D eigenvalue weighted by Crippen LogP contribution is -2.00. The predicted molar refractivity (Wildman–Crippen MR) is 77.5 cm³/mol. The molecule has 1 heterocycles. The van der Waals surface area contributed by atoms with Gasteiger partial charge < -0.3 is 4.74 Å². The van der Waals surface area contributed by atoms with Crippen LogP contribution in [0.25, 0.3) is 11.4 Å². The van der Waals surface area contributed by atoms with Crippen LogP contribution in [0.5, 0.6) is 0 Å². The van der Waals surface area contributed by atoms with Gasteiger partial charge in [0.25, 0.3) is 5.69 Å². The van der Waals surface area contributed by atoms with Crippen LogP contribution in [0.15, 0.2) is 28.7 Å². The van der Waals surface area contributed by atoms with Crippen molar-refractivity contribution in [2.75, 3.05) is 7.11 Å². The molecule has 2 rings (SSSR count). The Morgan fingerprint density at radius 2 is 2.00 bits per heavy atom. The highest BCUT2D eigenvalue weighted by atomic mass is 79.9. The van der Waals surface area contributed by atoms with Crippen LogP contribution in [0.2, 0.25) is 5.15 Å². The molecule has 0 spiro atoms. The number of nitro benzene ring substituents is 1. The molecule has 0 N–H and O–H groups in total. The number of benzene rings is 1. The first-order valence-electron chi connectivity index (χ1n) is 5.48. The Labute approximate surface area is 128 Å². The largest absolute Gasteiger partial charge is 0.378 e. The summed E-state index contributed by atoms with van der Waals surface area (Å²) in [5.41, 5.74) is 1.26. The second kappa shape index (κ2) is 6.25. The van der Waals surface area contributed by atoms with Crippen molar-refractivity contribution in [2.45, 2.75) is 6.61 Å². The van der Waals surface area contributed by atoms with Gasteiger partial charge in [0.1, 0.15) is 5.15 Å². The minimum Gasteiger partial charge on any atom is -0.378 e. The summed E-state index contributed by atoms with van der Waals surface area (Å²) in [5, 5.41) is 10.9. The van der Waals surface area contributed by atoms with Crippen molar-refractivity contribution in [1.29, 1.82) is 0 Å². The average Bonchev–Trinajstić information content (AvgIpc) is 2.44. The maximum atomic E-state index is 10.6. The molecular formula is C12H9BrClN3O3. The normalized spacial score (nSPS) is 10.6. The number of halogens is 2. The van der Waals surface area contributed by atoms with E-state index in [1.54, 1.807) is 19.2 Å². The van der Waals surface area contributed by atoms with Crippen molar-refractivity contribution in [3.8, 4) is 11.4 Å². The minimum absolute atomic E-state index is 0.00840. The third-order valence-corrected chi connectivity index (χ3v) is 3.83. The molecule has 0 saturated heterocycles. The summed E-state index contributed by atoms with van der Waals surface area (Å²) in [7, 11) is 1.55. The van der Waals surface area contributed by atoms with E-state index in [9.17, 15) is 10.1 Å². The van der Waals surface area contributed by atoms with Gasteiger partial charge in [-0.25, -0.2) is 9.97 Å². The van der Waals surface area contributed by atoms with Gasteiger partial charge in [0.15, 0.2) is 5.82 Å². The summed E-state index contributed by atoms with van der Waals surface area (Å²) in [5.74, 6) is 0.389. The number of rotatable bonds is 4. The van der Waals surface area contributed by atoms with Crippen molar-refractivity contribution in [2.24, 2.45) is 0 Å². The summed E-state index contributed by atoms with van der Waals surface area (Å²) in [4.78, 5) is 18.6. The number of nitrogens with zero attached hydrogens (tertiary/aromatic N) is 3. The third-order valence-electron chi connectivity index (χ3n) is 2.50. The van der Waals surface area contributed by atoms with Crippen molar-refractivity contribution in [3.63, 3.8) is 0 Å². The Kier molecular flexibility index (Phi) is 4.64. The van der Waals surface area contributed by atoms with Crippen molar-refractivity contribution in [1.82, 2.24) is 9.97 Å². The lowest BCUT2D eigenvalue weighted by atomic mass is 10.2. The first-order chi connectivity index (χ1) is 9.52. The highest BCUT2D eigenvalue weighted by molar-refractivity contribution is 9.10. The van der Waals surface area contributed by atoms with Crippen LogP contribution in [0, 0.1) is 10.1 Å². The molecule has 0 aliphatic carbocycles. The summed E-state index contributed by atoms with van der Waals surface area (Å²) in [6, 6.07) is 5.94. The van der Waals surface area contributed by atoms with Gasteiger partial charge in [0.05, 0.1) is 21.7 Å². The summed E-state index contributed by atoms with van der Waals surface area (Å²) >= 11 is 9.32. The fourth-order valence-corrected chi connectivity index (χ4v) is 2.04. The Hall–Kier alpha value is -1.57. The van der Waals surface area contributed by atoms with Crippen LogP contribution in [0.4, 0.5) is 5.69 Å². The van der Waals surface area contributed by atoms with Crippen molar-refractivity contribution < 1.29 is 9.66 Å². The Balaban J connectivity index is 2.44. The maximum absolute atomic E-state index is 10.6. The molecule has 0 amide bonds. The summed E-state index contributed by atoms with van der Waals surface area (Å²) in [6.07, 6.45) is 0. The van der Waals surface area contributed by atoms with E-state index in [1.165, 1.54) is 12.1 Å². The fourth-order valence-electron chi connectivity index (χ4n) is 1.56. The molecule has 0 atom stereocenters. The van der Waals surface area contributed by atoms with Gasteiger partial charge in [0.2, 0.25) is 0 Å². The van der Waals surface area contributed by atoms with E-state index in [0.717, 1.165) is 0 Å². The first-order valence-corrected chi connectivity index (χ1v) is 6.65. The quantitative estimate of drug-likeness (QED) is 0.474. The van der Waals surface area contributed by atoms with Gasteiger partial charge in [-0.15, -0.1) is 0 Å². The zero-order valence-electron chi connectivity index (χ0n) is 10.3. The van der Waals surface area contributed by atoms with E-state index in [0.29, 0.717) is 21.6 Å². The van der Waals surface area contributed by atoms with E-state index < -0.39 is 4.92 Å². The molecule has 0 unspecified atom stereocenters. The van der Waals surface area contributed by atoms with Gasteiger partial charge in [0, 0.05) is 24.8 Å². The Morgan fingerprint density at radius 3 is 2.55 bits per heavy atom. The van der Waals surface area contributed by atoms with Gasteiger partial charge >= 0.3 is 0 Å². The number of hydrogen-bond acceptors (Lipinski definition) is 5. The molecule has 20 heavy (non-hydrogen) atoms. The molecule has 2 aromatic rings. The van der Waals surface area contributed by atoms with Crippen molar-refractivity contribution >= 4 is 33.2 Å². The molecule has 0 aliphatic heterocycles. The predicted octanol–water partition coefficient (Wildman–Crippen LogP) is 3.61. The number of nitro groups is 1. The topological polar surface area (TPSA) is 78.2 Å². The lowest BCUT2D eigenvalue weighted by Gasteiger charge is -2.07. The zero-order valence-corrected chi connectivity index (χ0v) is 12.7. The van der Waals surface area contributed by atoms with Gasteiger partial charge in [-0.1, -0.05) is 11.6 Å². The van der Waals surface area contributed by atoms with Crippen molar-refractivity contribution in [3.05, 3.63) is 49.7 Å². The molecule has 8 heteroatoms. The van der Waals surface area contributed by atoms with Gasteiger partial charge in [-0.05, 0) is 28.1 Å². The minimum atomic E-state index is -0.463.